The summed E-state index contributed by atoms with van der Waals surface area (Å²) in [5.74, 6) is 0.765. The number of hydrogen-bond acceptors (Lipinski definition) is 5. The average Bonchev–Trinajstić information content (AvgIpc) is 3.10. The number of methoxy groups -OCH3 is 1. The lowest BCUT2D eigenvalue weighted by atomic mass is 9.96. The number of pyridine rings is 1. The van der Waals surface area contributed by atoms with Gasteiger partial charge in [-0.15, -0.1) is 11.3 Å². The predicted octanol–water partition coefficient (Wildman–Crippen LogP) is 6.61. The van der Waals surface area contributed by atoms with Gasteiger partial charge in [-0.3, -0.25) is 0 Å². The number of hydrogen-bond donors (Lipinski definition) is 1. The smallest absolute Gasteiger partial charge is 0.119 e. The highest BCUT2D eigenvalue weighted by molar-refractivity contribution is 7.16. The summed E-state index contributed by atoms with van der Waals surface area (Å²) in [6.45, 7) is 0. The molecule has 2 heterocycles. The molecule has 5 rings (SSSR count). The molecule has 29 heavy (non-hydrogen) atoms. The number of nitrogens with zero attached hydrogens (tertiary/aromatic N) is 2. The van der Waals surface area contributed by atoms with Crippen LogP contribution in [0, 0.1) is 11.3 Å². The van der Waals surface area contributed by atoms with Crippen molar-refractivity contribution in [2.24, 2.45) is 0 Å². The van der Waals surface area contributed by atoms with Crippen LogP contribution < -0.4 is 10.1 Å². The van der Waals surface area contributed by atoms with E-state index < -0.39 is 0 Å². The average molecular weight is 420 g/mol. The van der Waals surface area contributed by atoms with Gasteiger partial charge in [0.2, 0.25) is 0 Å². The zero-order valence-corrected chi connectivity index (χ0v) is 17.5. The molecule has 0 amide bonds. The van der Waals surface area contributed by atoms with Crippen molar-refractivity contribution in [1.29, 1.82) is 5.26 Å². The first-order valence-corrected chi connectivity index (χ1v) is 10.8. The number of halogens is 1. The lowest BCUT2D eigenvalue weighted by Gasteiger charge is -2.14. The molecule has 0 fully saturated rings. The van der Waals surface area contributed by atoms with E-state index in [1.165, 1.54) is 16.9 Å². The minimum Gasteiger partial charge on any atom is -0.497 e. The molecule has 0 saturated heterocycles. The normalized spacial score (nSPS) is 13.3. The van der Waals surface area contributed by atoms with Crippen molar-refractivity contribution in [3.8, 4) is 11.8 Å². The van der Waals surface area contributed by atoms with E-state index in [0.717, 1.165) is 63.1 Å². The molecule has 4 nitrogen and oxygen atoms in total. The van der Waals surface area contributed by atoms with Gasteiger partial charge in [0.15, 0.2) is 0 Å². The van der Waals surface area contributed by atoms with E-state index in [1.54, 1.807) is 18.4 Å². The first-order chi connectivity index (χ1) is 14.2. The third-order valence-electron chi connectivity index (χ3n) is 5.46. The van der Waals surface area contributed by atoms with Gasteiger partial charge in [-0.25, -0.2) is 4.98 Å². The molecule has 0 bridgehead atoms. The van der Waals surface area contributed by atoms with Crippen LogP contribution in [-0.2, 0) is 12.8 Å². The number of aryl methyl sites for hydroxylation is 1. The maximum atomic E-state index is 9.85. The molecule has 2 aromatic carbocycles. The van der Waals surface area contributed by atoms with Gasteiger partial charge in [0.05, 0.1) is 29.4 Å². The van der Waals surface area contributed by atoms with Crippen LogP contribution in [0.25, 0.3) is 21.8 Å². The van der Waals surface area contributed by atoms with Crippen LogP contribution >= 0.6 is 22.9 Å². The first kappa shape index (κ1) is 18.2. The maximum Gasteiger partial charge on any atom is 0.119 e. The van der Waals surface area contributed by atoms with E-state index in [1.807, 2.05) is 36.4 Å². The molecule has 0 radical (unpaired) electrons. The van der Waals surface area contributed by atoms with Gasteiger partial charge in [0.1, 0.15) is 16.8 Å². The number of thiophene rings is 1. The quantitative estimate of drug-likeness (QED) is 0.380. The molecular weight excluding hydrogens is 402 g/mol. The highest BCUT2D eigenvalue weighted by atomic mass is 35.5. The SMILES string of the molecule is COc1ccc2nc3cc(Cl)ccc3c(Nc3sc4c(c3C#N)CCCC4)c2c1. The summed E-state index contributed by atoms with van der Waals surface area (Å²) in [5, 5.41) is 16.9. The summed E-state index contributed by atoms with van der Waals surface area (Å²) in [7, 11) is 1.66. The Bertz CT molecular complexity index is 1310. The molecule has 1 N–H and O–H groups in total. The van der Waals surface area contributed by atoms with Gasteiger partial charge in [0.25, 0.3) is 0 Å². The summed E-state index contributed by atoms with van der Waals surface area (Å²) in [6, 6.07) is 14.0. The maximum absolute atomic E-state index is 9.85. The Morgan fingerprint density at radius 1 is 1.10 bits per heavy atom. The third-order valence-corrected chi connectivity index (χ3v) is 6.91. The number of rotatable bonds is 3. The molecular formula is C23H18ClN3OS. The zero-order valence-electron chi connectivity index (χ0n) is 15.9. The van der Waals surface area contributed by atoms with Crippen molar-refractivity contribution in [2.45, 2.75) is 25.7 Å². The highest BCUT2D eigenvalue weighted by Crippen LogP contribution is 2.42. The fraction of sp³-hybridized carbons (Fsp3) is 0.217. The van der Waals surface area contributed by atoms with Crippen LogP contribution in [0.15, 0.2) is 36.4 Å². The standard InChI is InChI=1S/C23H18ClN3OS/c1-28-14-7-9-19-17(11-14)22(16-8-6-13(24)10-20(16)26-19)27-23-18(12-25)15-4-2-3-5-21(15)29-23/h6-11H,2-5H2,1H3,(H,26,27). The summed E-state index contributed by atoms with van der Waals surface area (Å²) >= 11 is 7.93. The van der Waals surface area contributed by atoms with Crippen molar-refractivity contribution in [3.63, 3.8) is 0 Å². The van der Waals surface area contributed by atoms with Crippen LogP contribution in [0.1, 0.15) is 28.8 Å². The second-order valence-corrected chi connectivity index (χ2v) is 8.72. The lowest BCUT2D eigenvalue weighted by molar-refractivity contribution is 0.415. The number of nitrogens with one attached hydrogen (secondary N) is 1. The minimum atomic E-state index is 0.646. The van der Waals surface area contributed by atoms with Crippen molar-refractivity contribution in [3.05, 3.63) is 57.4 Å². The summed E-state index contributed by atoms with van der Waals surface area (Å²) in [5.41, 5.74) is 4.59. The summed E-state index contributed by atoms with van der Waals surface area (Å²) in [4.78, 5) is 6.11. The number of aromatic nitrogens is 1. The van der Waals surface area contributed by atoms with Crippen molar-refractivity contribution < 1.29 is 4.74 Å². The lowest BCUT2D eigenvalue weighted by Crippen LogP contribution is -2.00. The largest absolute Gasteiger partial charge is 0.497 e. The molecule has 0 aliphatic heterocycles. The zero-order chi connectivity index (χ0) is 20.0. The number of ether oxygens (including phenoxy) is 1. The second-order valence-electron chi connectivity index (χ2n) is 7.18. The van der Waals surface area contributed by atoms with E-state index in [2.05, 4.69) is 11.4 Å². The van der Waals surface area contributed by atoms with Crippen molar-refractivity contribution in [2.75, 3.05) is 12.4 Å². The van der Waals surface area contributed by atoms with Crippen LogP contribution in [0.4, 0.5) is 10.7 Å². The molecule has 0 spiro atoms. The monoisotopic (exact) mass is 419 g/mol. The number of anilines is 2. The second kappa shape index (κ2) is 7.22. The number of fused-ring (bicyclic) bond motifs is 3. The highest BCUT2D eigenvalue weighted by Gasteiger charge is 2.22. The summed E-state index contributed by atoms with van der Waals surface area (Å²) < 4.78 is 5.44. The minimum absolute atomic E-state index is 0.646. The van der Waals surface area contributed by atoms with Crippen molar-refractivity contribution in [1.82, 2.24) is 4.98 Å². The Balaban J connectivity index is 1.76. The van der Waals surface area contributed by atoms with Crippen LogP contribution in [-0.4, -0.2) is 12.1 Å². The van der Waals surface area contributed by atoms with E-state index in [0.29, 0.717) is 5.02 Å². The van der Waals surface area contributed by atoms with E-state index in [4.69, 9.17) is 21.3 Å². The Labute approximate surface area is 177 Å². The first-order valence-electron chi connectivity index (χ1n) is 9.56. The molecule has 0 atom stereocenters. The number of nitriles is 1. The van der Waals surface area contributed by atoms with Gasteiger partial charge in [-0.05, 0) is 67.6 Å². The van der Waals surface area contributed by atoms with Crippen LogP contribution in [0.2, 0.25) is 5.02 Å². The Morgan fingerprint density at radius 3 is 2.79 bits per heavy atom. The Kier molecular flexibility index (Phi) is 4.54. The third kappa shape index (κ3) is 3.09. The molecule has 0 saturated carbocycles. The van der Waals surface area contributed by atoms with Crippen LogP contribution in [0.5, 0.6) is 5.75 Å². The van der Waals surface area contributed by atoms with Gasteiger partial charge in [-0.1, -0.05) is 11.6 Å². The molecule has 144 valence electrons. The predicted molar refractivity (Wildman–Crippen MR) is 120 cm³/mol. The van der Waals surface area contributed by atoms with E-state index >= 15 is 0 Å². The van der Waals surface area contributed by atoms with Gasteiger partial charge in [-0.2, -0.15) is 5.26 Å². The van der Waals surface area contributed by atoms with E-state index in [9.17, 15) is 5.26 Å². The molecule has 1 aliphatic rings. The molecule has 6 heteroatoms. The Hall–Kier alpha value is -2.81. The van der Waals surface area contributed by atoms with Crippen molar-refractivity contribution >= 4 is 55.4 Å². The van der Waals surface area contributed by atoms with E-state index in [-0.39, 0.29) is 0 Å². The fourth-order valence-corrected chi connectivity index (χ4v) is 5.45. The molecule has 4 aromatic rings. The topological polar surface area (TPSA) is 57.9 Å². The Morgan fingerprint density at radius 2 is 1.97 bits per heavy atom. The molecule has 0 unspecified atom stereocenters. The van der Waals surface area contributed by atoms with Crippen LogP contribution in [0.3, 0.4) is 0 Å². The van der Waals surface area contributed by atoms with Gasteiger partial charge < -0.3 is 10.1 Å². The number of benzene rings is 2. The molecule has 2 aromatic heterocycles. The van der Waals surface area contributed by atoms with Gasteiger partial charge >= 0.3 is 0 Å². The fourth-order valence-electron chi connectivity index (χ4n) is 4.04. The van der Waals surface area contributed by atoms with Gasteiger partial charge in [0, 0.05) is 20.7 Å². The summed E-state index contributed by atoms with van der Waals surface area (Å²) in [6.07, 6.45) is 4.37. The molecule has 1 aliphatic carbocycles.